The predicted molar refractivity (Wildman–Crippen MR) is 89.7 cm³/mol. The van der Waals surface area contributed by atoms with Gasteiger partial charge in [0.2, 0.25) is 0 Å². The van der Waals surface area contributed by atoms with Crippen LogP contribution in [0.5, 0.6) is 0 Å². The predicted octanol–water partition coefficient (Wildman–Crippen LogP) is 2.84. The number of aryl methyl sites for hydroxylation is 2. The smallest absolute Gasteiger partial charge is 0.253 e. The summed E-state index contributed by atoms with van der Waals surface area (Å²) in [5, 5.41) is 3.20. The summed E-state index contributed by atoms with van der Waals surface area (Å²) in [6, 6.07) is 7.49. The van der Waals surface area contributed by atoms with Crippen LogP contribution in [-0.2, 0) is 10.0 Å². The molecule has 7 heteroatoms. The topological polar surface area (TPSA) is 49.4 Å². The molecule has 1 aromatic heterocycles. The van der Waals surface area contributed by atoms with Crippen molar-refractivity contribution in [2.24, 2.45) is 0 Å². The lowest BCUT2D eigenvalue weighted by Crippen LogP contribution is -2.48. The van der Waals surface area contributed by atoms with E-state index in [-0.39, 0.29) is 5.82 Å². The summed E-state index contributed by atoms with van der Waals surface area (Å²) in [6.45, 7) is 5.27. The molecule has 1 aliphatic rings. The van der Waals surface area contributed by atoms with Gasteiger partial charge in [0.25, 0.3) is 10.0 Å². The third kappa shape index (κ3) is 3.19. The van der Waals surface area contributed by atoms with Gasteiger partial charge in [0, 0.05) is 24.5 Å². The van der Waals surface area contributed by atoms with Crippen molar-refractivity contribution in [3.63, 3.8) is 0 Å². The Balaban J connectivity index is 2.01. The Bertz CT molecular complexity index is 798. The molecule has 3 rings (SSSR count). The lowest BCUT2D eigenvalue weighted by molar-refractivity contribution is 0.271. The molecule has 1 saturated heterocycles. The molecule has 1 N–H and O–H groups in total. The van der Waals surface area contributed by atoms with Crippen LogP contribution in [0, 0.1) is 19.7 Å². The van der Waals surface area contributed by atoms with Crippen molar-refractivity contribution in [1.82, 2.24) is 9.62 Å². The van der Waals surface area contributed by atoms with E-state index in [2.05, 4.69) is 5.32 Å². The van der Waals surface area contributed by atoms with Crippen LogP contribution in [0.3, 0.4) is 0 Å². The SMILES string of the molecule is Cc1cc(S(=O)(=O)N2CCNCC2c2cccc(F)c2)sc1C. The van der Waals surface area contributed by atoms with Crippen LogP contribution in [0.15, 0.2) is 34.5 Å². The highest BCUT2D eigenvalue weighted by Gasteiger charge is 2.35. The summed E-state index contributed by atoms with van der Waals surface area (Å²) in [6.07, 6.45) is 0. The van der Waals surface area contributed by atoms with E-state index in [0.29, 0.717) is 29.4 Å². The van der Waals surface area contributed by atoms with Crippen molar-refractivity contribution in [3.05, 3.63) is 52.2 Å². The highest BCUT2D eigenvalue weighted by molar-refractivity contribution is 7.91. The van der Waals surface area contributed by atoms with Crippen molar-refractivity contribution in [3.8, 4) is 0 Å². The Morgan fingerprint density at radius 1 is 1.30 bits per heavy atom. The number of benzene rings is 1. The molecule has 4 nitrogen and oxygen atoms in total. The van der Waals surface area contributed by atoms with Crippen molar-refractivity contribution in [1.29, 1.82) is 0 Å². The van der Waals surface area contributed by atoms with Gasteiger partial charge in [-0.05, 0) is 43.2 Å². The van der Waals surface area contributed by atoms with Crippen LogP contribution in [0.25, 0.3) is 0 Å². The van der Waals surface area contributed by atoms with Crippen molar-refractivity contribution in [2.75, 3.05) is 19.6 Å². The van der Waals surface area contributed by atoms with Crippen LogP contribution in [0.1, 0.15) is 22.0 Å². The summed E-state index contributed by atoms with van der Waals surface area (Å²) in [4.78, 5) is 1.00. The van der Waals surface area contributed by atoms with Gasteiger partial charge in [-0.1, -0.05) is 12.1 Å². The molecule has 2 aromatic rings. The fourth-order valence-corrected chi connectivity index (χ4v) is 6.01. The van der Waals surface area contributed by atoms with E-state index >= 15 is 0 Å². The highest BCUT2D eigenvalue weighted by Crippen LogP contribution is 2.33. The van der Waals surface area contributed by atoms with Crippen LogP contribution in [0.2, 0.25) is 0 Å². The molecule has 0 amide bonds. The van der Waals surface area contributed by atoms with Gasteiger partial charge in [-0.15, -0.1) is 11.3 Å². The van der Waals surface area contributed by atoms with Gasteiger partial charge in [-0.25, -0.2) is 12.8 Å². The summed E-state index contributed by atoms with van der Waals surface area (Å²) < 4.78 is 41.5. The Labute approximate surface area is 140 Å². The molecule has 0 radical (unpaired) electrons. The molecular weight excluding hydrogens is 335 g/mol. The van der Waals surface area contributed by atoms with E-state index in [4.69, 9.17) is 0 Å². The van der Waals surface area contributed by atoms with Crippen LogP contribution in [0.4, 0.5) is 4.39 Å². The van der Waals surface area contributed by atoms with Gasteiger partial charge in [-0.2, -0.15) is 4.31 Å². The second kappa shape index (κ2) is 6.32. The number of halogens is 1. The van der Waals surface area contributed by atoms with Crippen LogP contribution in [-0.4, -0.2) is 32.4 Å². The molecule has 23 heavy (non-hydrogen) atoms. The fourth-order valence-electron chi connectivity index (χ4n) is 2.75. The number of hydrogen-bond donors (Lipinski definition) is 1. The third-order valence-electron chi connectivity index (χ3n) is 4.13. The number of thiophene rings is 1. The normalized spacial score (nSPS) is 19.9. The summed E-state index contributed by atoms with van der Waals surface area (Å²) >= 11 is 1.29. The van der Waals surface area contributed by atoms with E-state index in [9.17, 15) is 12.8 Å². The molecule has 0 aliphatic carbocycles. The van der Waals surface area contributed by atoms with Crippen molar-refractivity contribution in [2.45, 2.75) is 24.1 Å². The molecule has 124 valence electrons. The monoisotopic (exact) mass is 354 g/mol. The number of piperazine rings is 1. The molecule has 1 aromatic carbocycles. The molecular formula is C16H19FN2O2S2. The largest absolute Gasteiger partial charge is 0.313 e. The van der Waals surface area contributed by atoms with E-state index in [1.54, 1.807) is 18.2 Å². The summed E-state index contributed by atoms with van der Waals surface area (Å²) in [5.41, 5.74) is 1.65. The van der Waals surface area contributed by atoms with Gasteiger partial charge in [-0.3, -0.25) is 0 Å². The average molecular weight is 354 g/mol. The number of hydrogen-bond acceptors (Lipinski definition) is 4. The maximum Gasteiger partial charge on any atom is 0.253 e. The summed E-state index contributed by atoms with van der Waals surface area (Å²) in [5.74, 6) is -0.353. The number of sulfonamides is 1. The maximum absolute atomic E-state index is 13.5. The van der Waals surface area contributed by atoms with Gasteiger partial charge < -0.3 is 5.32 Å². The van der Waals surface area contributed by atoms with E-state index in [1.165, 1.54) is 27.8 Å². The first-order valence-electron chi connectivity index (χ1n) is 7.44. The fraction of sp³-hybridized carbons (Fsp3) is 0.375. The number of nitrogens with zero attached hydrogens (tertiary/aromatic N) is 1. The molecule has 0 spiro atoms. The number of nitrogens with one attached hydrogen (secondary N) is 1. The Morgan fingerprint density at radius 2 is 2.09 bits per heavy atom. The molecule has 0 bridgehead atoms. The van der Waals surface area contributed by atoms with Crippen molar-refractivity contribution >= 4 is 21.4 Å². The van der Waals surface area contributed by atoms with E-state index in [1.807, 2.05) is 13.8 Å². The minimum atomic E-state index is -3.58. The third-order valence-corrected chi connectivity index (χ3v) is 7.64. The Morgan fingerprint density at radius 3 is 2.74 bits per heavy atom. The maximum atomic E-state index is 13.5. The Kier molecular flexibility index (Phi) is 4.55. The molecule has 1 atom stereocenters. The van der Waals surface area contributed by atoms with Crippen LogP contribution < -0.4 is 5.32 Å². The molecule has 0 saturated carbocycles. The summed E-state index contributed by atoms with van der Waals surface area (Å²) in [7, 11) is -3.58. The minimum Gasteiger partial charge on any atom is -0.313 e. The first-order valence-corrected chi connectivity index (χ1v) is 9.70. The standard InChI is InChI=1S/C16H19FN2O2S2/c1-11-8-16(22-12(11)2)23(20,21)19-7-6-18-10-15(19)13-4-3-5-14(17)9-13/h3-5,8-9,15,18H,6-7,10H2,1-2H3. The van der Waals surface area contributed by atoms with Gasteiger partial charge in [0.1, 0.15) is 10.0 Å². The number of rotatable bonds is 3. The van der Waals surface area contributed by atoms with E-state index < -0.39 is 16.1 Å². The van der Waals surface area contributed by atoms with Gasteiger partial charge >= 0.3 is 0 Å². The highest BCUT2D eigenvalue weighted by atomic mass is 32.2. The second-order valence-electron chi connectivity index (χ2n) is 5.70. The molecule has 1 aliphatic heterocycles. The first-order chi connectivity index (χ1) is 10.9. The van der Waals surface area contributed by atoms with Gasteiger partial charge in [0.15, 0.2) is 0 Å². The first kappa shape index (κ1) is 16.6. The Hall–Kier alpha value is -1.28. The molecule has 2 heterocycles. The lowest BCUT2D eigenvalue weighted by atomic mass is 10.1. The quantitative estimate of drug-likeness (QED) is 0.922. The molecule has 1 fully saturated rings. The zero-order chi connectivity index (χ0) is 16.6. The minimum absolute atomic E-state index is 0.353. The van der Waals surface area contributed by atoms with E-state index in [0.717, 1.165) is 10.4 Å². The molecule has 1 unspecified atom stereocenters. The van der Waals surface area contributed by atoms with Crippen LogP contribution >= 0.6 is 11.3 Å². The zero-order valence-electron chi connectivity index (χ0n) is 13.0. The zero-order valence-corrected chi connectivity index (χ0v) is 14.7. The average Bonchev–Trinajstić information content (AvgIpc) is 2.87. The lowest BCUT2D eigenvalue weighted by Gasteiger charge is -2.35. The van der Waals surface area contributed by atoms with Crippen molar-refractivity contribution < 1.29 is 12.8 Å². The van der Waals surface area contributed by atoms with Gasteiger partial charge in [0.05, 0.1) is 6.04 Å². The second-order valence-corrected chi connectivity index (χ2v) is 9.07.